The Labute approximate surface area is 195 Å². The van der Waals surface area contributed by atoms with E-state index in [1.165, 1.54) is 11.8 Å². The number of nitrogens with zero attached hydrogens (tertiary/aromatic N) is 3. The number of benzene rings is 3. The maximum Gasteiger partial charge on any atom is 0.234 e. The average Bonchev–Trinajstić information content (AvgIpc) is 3.22. The number of methoxy groups -OCH3 is 1. The number of aromatic nitrogens is 3. The van der Waals surface area contributed by atoms with Gasteiger partial charge in [-0.1, -0.05) is 47.6 Å². The van der Waals surface area contributed by atoms with Crippen LogP contribution in [-0.2, 0) is 4.79 Å². The van der Waals surface area contributed by atoms with Crippen molar-refractivity contribution >= 4 is 35.0 Å². The van der Waals surface area contributed by atoms with Gasteiger partial charge in [-0.05, 0) is 61.0 Å². The second kappa shape index (κ2) is 9.89. The topological polar surface area (TPSA) is 69.0 Å². The molecule has 6 nitrogen and oxygen atoms in total. The van der Waals surface area contributed by atoms with E-state index in [0.717, 1.165) is 22.5 Å². The number of hydrogen-bond acceptors (Lipinski definition) is 5. The number of hydrogen-bond donors (Lipinski definition) is 1. The molecule has 4 aromatic rings. The molecule has 0 aliphatic heterocycles. The zero-order chi connectivity index (χ0) is 22.5. The number of carbonyl (C=O) groups is 1. The zero-order valence-electron chi connectivity index (χ0n) is 17.6. The number of aryl methyl sites for hydroxylation is 1. The van der Waals surface area contributed by atoms with Gasteiger partial charge in [-0.15, -0.1) is 10.2 Å². The number of para-hydroxylation sites is 1. The summed E-state index contributed by atoms with van der Waals surface area (Å²) in [7, 11) is 1.62. The summed E-state index contributed by atoms with van der Waals surface area (Å²) >= 11 is 7.40. The first kappa shape index (κ1) is 21.9. The van der Waals surface area contributed by atoms with Gasteiger partial charge in [0.15, 0.2) is 11.0 Å². The van der Waals surface area contributed by atoms with E-state index in [2.05, 4.69) is 15.5 Å². The molecule has 8 heteroatoms. The highest BCUT2D eigenvalue weighted by Gasteiger charge is 2.19. The first-order valence-corrected chi connectivity index (χ1v) is 11.3. The van der Waals surface area contributed by atoms with Gasteiger partial charge in [0.05, 0.1) is 18.4 Å². The molecule has 1 N–H and O–H groups in total. The van der Waals surface area contributed by atoms with Gasteiger partial charge in [0.25, 0.3) is 0 Å². The SMILES string of the molecule is COc1ccccc1-c1nnc(SCC(=O)Nc2cccc(C)c2)n1-c1ccc(Cl)cc1. The van der Waals surface area contributed by atoms with Crippen LogP contribution in [0.3, 0.4) is 0 Å². The van der Waals surface area contributed by atoms with Crippen molar-refractivity contribution in [3.05, 3.63) is 83.4 Å². The normalized spacial score (nSPS) is 10.7. The maximum atomic E-state index is 12.5. The van der Waals surface area contributed by atoms with Crippen molar-refractivity contribution in [3.63, 3.8) is 0 Å². The third-order valence-corrected chi connectivity index (χ3v) is 5.88. The highest BCUT2D eigenvalue weighted by molar-refractivity contribution is 7.99. The lowest BCUT2D eigenvalue weighted by atomic mass is 10.2. The fraction of sp³-hybridized carbons (Fsp3) is 0.125. The summed E-state index contributed by atoms with van der Waals surface area (Å²) < 4.78 is 7.42. The van der Waals surface area contributed by atoms with Crippen LogP contribution in [0.4, 0.5) is 5.69 Å². The van der Waals surface area contributed by atoms with Crippen molar-refractivity contribution in [2.24, 2.45) is 0 Å². The largest absolute Gasteiger partial charge is 0.496 e. The van der Waals surface area contributed by atoms with Gasteiger partial charge in [-0.3, -0.25) is 9.36 Å². The Morgan fingerprint density at radius 1 is 1.06 bits per heavy atom. The molecule has 0 atom stereocenters. The predicted molar refractivity (Wildman–Crippen MR) is 129 cm³/mol. The summed E-state index contributed by atoms with van der Waals surface area (Å²) in [5.41, 5.74) is 3.49. The molecular formula is C24H21ClN4O2S. The molecule has 4 rings (SSSR count). The molecule has 1 aromatic heterocycles. The number of halogens is 1. The second-order valence-electron chi connectivity index (χ2n) is 7.02. The van der Waals surface area contributed by atoms with E-state index < -0.39 is 0 Å². The number of anilines is 1. The molecule has 162 valence electrons. The molecule has 0 saturated carbocycles. The van der Waals surface area contributed by atoms with Crippen LogP contribution in [0.15, 0.2) is 78.0 Å². The lowest BCUT2D eigenvalue weighted by Crippen LogP contribution is -2.14. The smallest absolute Gasteiger partial charge is 0.234 e. The molecule has 1 amide bonds. The molecule has 0 radical (unpaired) electrons. The van der Waals surface area contributed by atoms with Crippen LogP contribution in [0.1, 0.15) is 5.56 Å². The third-order valence-electron chi connectivity index (χ3n) is 4.70. The summed E-state index contributed by atoms with van der Waals surface area (Å²) in [6, 6.07) is 22.7. The Hall–Kier alpha value is -3.29. The van der Waals surface area contributed by atoms with E-state index in [-0.39, 0.29) is 11.7 Å². The Kier molecular flexibility index (Phi) is 6.78. The van der Waals surface area contributed by atoms with Crippen molar-refractivity contribution in [1.82, 2.24) is 14.8 Å². The molecule has 1 heterocycles. The van der Waals surface area contributed by atoms with E-state index in [9.17, 15) is 4.79 Å². The quantitative estimate of drug-likeness (QED) is 0.359. The summed E-state index contributed by atoms with van der Waals surface area (Å²) in [6.07, 6.45) is 0. The first-order chi connectivity index (χ1) is 15.5. The lowest BCUT2D eigenvalue weighted by molar-refractivity contribution is -0.113. The van der Waals surface area contributed by atoms with Gasteiger partial charge in [0.1, 0.15) is 5.75 Å². The van der Waals surface area contributed by atoms with Gasteiger partial charge in [-0.25, -0.2) is 0 Å². The van der Waals surface area contributed by atoms with E-state index >= 15 is 0 Å². The van der Waals surface area contributed by atoms with Crippen LogP contribution in [0.2, 0.25) is 5.02 Å². The summed E-state index contributed by atoms with van der Waals surface area (Å²) in [6.45, 7) is 1.98. The van der Waals surface area contributed by atoms with Crippen LogP contribution in [0.25, 0.3) is 17.1 Å². The van der Waals surface area contributed by atoms with E-state index in [1.54, 1.807) is 7.11 Å². The summed E-state index contributed by atoms with van der Waals surface area (Å²) in [4.78, 5) is 12.5. The lowest BCUT2D eigenvalue weighted by Gasteiger charge is -2.12. The average molecular weight is 465 g/mol. The fourth-order valence-electron chi connectivity index (χ4n) is 3.24. The highest BCUT2D eigenvalue weighted by Crippen LogP contribution is 2.33. The number of carbonyl (C=O) groups excluding carboxylic acids is 1. The monoisotopic (exact) mass is 464 g/mol. The molecule has 0 unspecified atom stereocenters. The minimum absolute atomic E-state index is 0.120. The second-order valence-corrected chi connectivity index (χ2v) is 8.40. The Bertz CT molecular complexity index is 1240. The molecule has 0 aliphatic rings. The summed E-state index contributed by atoms with van der Waals surface area (Å²) in [5.74, 6) is 1.37. The van der Waals surface area contributed by atoms with Crippen molar-refractivity contribution in [1.29, 1.82) is 0 Å². The van der Waals surface area contributed by atoms with Crippen LogP contribution < -0.4 is 10.1 Å². The Morgan fingerprint density at radius 3 is 2.59 bits per heavy atom. The summed E-state index contributed by atoms with van der Waals surface area (Å²) in [5, 5.41) is 12.9. The number of nitrogens with one attached hydrogen (secondary N) is 1. The van der Waals surface area contributed by atoms with Crippen molar-refractivity contribution < 1.29 is 9.53 Å². The van der Waals surface area contributed by atoms with Gasteiger partial charge < -0.3 is 10.1 Å². The molecule has 0 fully saturated rings. The van der Waals surface area contributed by atoms with E-state index in [1.807, 2.05) is 84.3 Å². The van der Waals surface area contributed by atoms with Crippen LogP contribution in [0.5, 0.6) is 5.75 Å². The van der Waals surface area contributed by atoms with Crippen molar-refractivity contribution in [3.8, 4) is 22.8 Å². The number of rotatable bonds is 7. The van der Waals surface area contributed by atoms with Crippen LogP contribution in [-0.4, -0.2) is 33.5 Å². The van der Waals surface area contributed by atoms with E-state index in [0.29, 0.717) is 21.8 Å². The number of thioether (sulfide) groups is 1. The number of amides is 1. The van der Waals surface area contributed by atoms with Crippen molar-refractivity contribution in [2.45, 2.75) is 12.1 Å². The Morgan fingerprint density at radius 2 is 1.84 bits per heavy atom. The zero-order valence-corrected chi connectivity index (χ0v) is 19.2. The molecule has 0 saturated heterocycles. The van der Waals surface area contributed by atoms with Crippen LogP contribution in [0, 0.1) is 6.92 Å². The minimum Gasteiger partial charge on any atom is -0.496 e. The fourth-order valence-corrected chi connectivity index (χ4v) is 4.12. The third kappa shape index (κ3) is 4.95. The molecule has 0 aliphatic carbocycles. The predicted octanol–water partition coefficient (Wildman–Crippen LogP) is 5.64. The molecule has 0 spiro atoms. The Balaban J connectivity index is 1.64. The molecular weight excluding hydrogens is 444 g/mol. The van der Waals surface area contributed by atoms with Crippen LogP contribution >= 0.6 is 23.4 Å². The maximum absolute atomic E-state index is 12.5. The van der Waals surface area contributed by atoms with Gasteiger partial charge in [0, 0.05) is 16.4 Å². The first-order valence-electron chi connectivity index (χ1n) is 9.89. The standard InChI is InChI=1S/C24H21ClN4O2S/c1-16-6-5-7-18(14-16)26-22(30)15-32-24-28-27-23(20-8-3-4-9-21(20)31-2)29(24)19-12-10-17(25)11-13-19/h3-14H,15H2,1-2H3,(H,26,30). The van der Waals surface area contributed by atoms with E-state index in [4.69, 9.17) is 16.3 Å². The molecule has 3 aromatic carbocycles. The molecule has 0 bridgehead atoms. The van der Waals surface area contributed by atoms with Gasteiger partial charge in [0.2, 0.25) is 5.91 Å². The van der Waals surface area contributed by atoms with Crippen molar-refractivity contribution in [2.75, 3.05) is 18.2 Å². The van der Waals surface area contributed by atoms with Gasteiger partial charge in [-0.2, -0.15) is 0 Å². The molecule has 32 heavy (non-hydrogen) atoms. The van der Waals surface area contributed by atoms with Gasteiger partial charge >= 0.3 is 0 Å². The highest BCUT2D eigenvalue weighted by atomic mass is 35.5. The minimum atomic E-state index is -0.120. The number of ether oxygens (including phenoxy) is 1.